The molecule has 12 heavy (non-hydrogen) atoms. The van der Waals surface area contributed by atoms with Gasteiger partial charge in [0.05, 0.1) is 6.26 Å². The Morgan fingerprint density at radius 3 is 2.92 bits per heavy atom. The second kappa shape index (κ2) is 3.72. The lowest BCUT2D eigenvalue weighted by molar-refractivity contribution is -0.104. The van der Waals surface area contributed by atoms with Crippen LogP contribution in [-0.4, -0.2) is 6.29 Å². The lowest BCUT2D eigenvalue weighted by atomic mass is 10.3. The second-order valence-corrected chi connectivity index (χ2v) is 2.49. The molecule has 0 amide bonds. The van der Waals surface area contributed by atoms with Crippen LogP contribution in [0.4, 0.5) is 0 Å². The first-order valence-electron chi connectivity index (χ1n) is 3.60. The number of furan rings is 1. The molecule has 0 aliphatic carbocycles. The van der Waals surface area contributed by atoms with Gasteiger partial charge in [0, 0.05) is 5.22 Å². The van der Waals surface area contributed by atoms with Crippen LogP contribution < -0.4 is 10.6 Å². The smallest absolute Gasteiger partial charge is 0.145 e. The van der Waals surface area contributed by atoms with Gasteiger partial charge in [-0.05, 0) is 18.6 Å². The summed E-state index contributed by atoms with van der Waals surface area (Å²) in [5.74, 6) is 0. The first-order valence-corrected chi connectivity index (χ1v) is 3.60. The highest BCUT2D eigenvalue weighted by Crippen LogP contribution is 1.85. The molecule has 0 saturated carbocycles. The summed E-state index contributed by atoms with van der Waals surface area (Å²) in [4.78, 5) is 10.2. The van der Waals surface area contributed by atoms with E-state index in [1.165, 1.54) is 0 Å². The van der Waals surface area contributed by atoms with Gasteiger partial charge in [-0.3, -0.25) is 4.79 Å². The molecule has 0 N–H and O–H groups in total. The van der Waals surface area contributed by atoms with Crippen molar-refractivity contribution in [3.8, 4) is 0 Å². The quantitative estimate of drug-likeness (QED) is 0.471. The van der Waals surface area contributed by atoms with E-state index in [2.05, 4.69) is 6.58 Å². The van der Waals surface area contributed by atoms with Gasteiger partial charge < -0.3 is 4.42 Å². The maximum atomic E-state index is 10.2. The minimum atomic E-state index is 0.616. The van der Waals surface area contributed by atoms with Crippen molar-refractivity contribution in [2.75, 3.05) is 0 Å². The van der Waals surface area contributed by atoms with Gasteiger partial charge in [-0.2, -0.15) is 0 Å². The molecule has 0 radical (unpaired) electrons. The van der Waals surface area contributed by atoms with Gasteiger partial charge in [-0.15, -0.1) is 0 Å². The van der Waals surface area contributed by atoms with Crippen molar-refractivity contribution in [2.45, 2.75) is 6.92 Å². The average molecular weight is 162 g/mol. The molecule has 0 aliphatic rings. The average Bonchev–Trinajstić information content (AvgIpc) is 2.47. The van der Waals surface area contributed by atoms with Gasteiger partial charge in [-0.25, -0.2) is 0 Å². The molecule has 62 valence electrons. The standard InChI is InChI=1S/C10H10O2/c1-8(7-11)3-4-10-5-6-12-9(10)2/h3-7H,2H2,1H3/b8-3+,10-4-. The van der Waals surface area contributed by atoms with Crippen LogP contribution in [0.2, 0.25) is 0 Å². The predicted octanol–water partition coefficient (Wildman–Crippen LogP) is 0.616. The molecule has 0 bridgehead atoms. The maximum absolute atomic E-state index is 10.2. The molecular weight excluding hydrogens is 152 g/mol. The molecule has 1 aromatic heterocycles. The molecular formula is C10H10O2. The Hall–Kier alpha value is -1.57. The fraction of sp³-hybridized carbons (Fsp3) is 0.100. The van der Waals surface area contributed by atoms with Gasteiger partial charge in [0.25, 0.3) is 0 Å². The first-order chi connectivity index (χ1) is 5.74. The van der Waals surface area contributed by atoms with Crippen molar-refractivity contribution in [3.05, 3.63) is 34.6 Å². The number of hydrogen-bond acceptors (Lipinski definition) is 2. The second-order valence-electron chi connectivity index (χ2n) is 2.49. The van der Waals surface area contributed by atoms with Crippen LogP contribution in [0.1, 0.15) is 6.92 Å². The highest BCUT2D eigenvalue weighted by Gasteiger charge is 1.83. The molecule has 0 atom stereocenters. The zero-order valence-corrected chi connectivity index (χ0v) is 6.91. The van der Waals surface area contributed by atoms with Crippen molar-refractivity contribution < 1.29 is 9.21 Å². The summed E-state index contributed by atoms with van der Waals surface area (Å²) < 4.78 is 4.97. The third kappa shape index (κ3) is 1.95. The zero-order valence-electron chi connectivity index (χ0n) is 6.91. The van der Waals surface area contributed by atoms with E-state index in [1.54, 1.807) is 31.4 Å². The molecule has 1 heterocycles. The van der Waals surface area contributed by atoms with Crippen molar-refractivity contribution >= 4 is 18.9 Å². The maximum Gasteiger partial charge on any atom is 0.145 e. The van der Waals surface area contributed by atoms with E-state index in [1.807, 2.05) is 0 Å². The van der Waals surface area contributed by atoms with Crippen LogP contribution in [0.5, 0.6) is 0 Å². The topological polar surface area (TPSA) is 30.2 Å². The van der Waals surface area contributed by atoms with Gasteiger partial charge in [-0.1, -0.05) is 18.7 Å². The summed E-state index contributed by atoms with van der Waals surface area (Å²) >= 11 is 0. The molecule has 0 aliphatic heterocycles. The lowest BCUT2D eigenvalue weighted by Crippen LogP contribution is -2.16. The summed E-state index contributed by atoms with van der Waals surface area (Å²) in [6.07, 6.45) is 5.90. The van der Waals surface area contributed by atoms with E-state index in [-0.39, 0.29) is 0 Å². The number of hydrogen-bond donors (Lipinski definition) is 0. The minimum absolute atomic E-state index is 0.616. The molecule has 0 aromatic carbocycles. The molecule has 0 fully saturated rings. The Balaban J connectivity index is 3.07. The predicted molar refractivity (Wildman–Crippen MR) is 47.8 cm³/mol. The summed E-state index contributed by atoms with van der Waals surface area (Å²) in [5, 5.41) is 0.899. The Kier molecular flexibility index (Phi) is 2.64. The van der Waals surface area contributed by atoms with Crippen molar-refractivity contribution in [1.29, 1.82) is 0 Å². The third-order valence-electron chi connectivity index (χ3n) is 1.49. The van der Waals surface area contributed by atoms with Crippen LogP contribution in [0.3, 0.4) is 0 Å². The van der Waals surface area contributed by atoms with Crippen LogP contribution >= 0.6 is 0 Å². The van der Waals surface area contributed by atoms with Crippen molar-refractivity contribution in [2.24, 2.45) is 0 Å². The molecule has 0 unspecified atom stereocenters. The number of carbonyl (C=O) groups excluding carboxylic acids is 1. The molecule has 1 rings (SSSR count). The fourth-order valence-corrected chi connectivity index (χ4v) is 0.759. The molecule has 0 saturated heterocycles. The third-order valence-corrected chi connectivity index (χ3v) is 1.49. The van der Waals surface area contributed by atoms with Gasteiger partial charge in [0.15, 0.2) is 0 Å². The van der Waals surface area contributed by atoms with Crippen molar-refractivity contribution in [1.82, 2.24) is 0 Å². The van der Waals surface area contributed by atoms with E-state index in [9.17, 15) is 4.79 Å². The Bertz CT molecular complexity index is 396. The van der Waals surface area contributed by atoms with E-state index in [4.69, 9.17) is 4.42 Å². The van der Waals surface area contributed by atoms with Crippen LogP contribution in [0, 0.1) is 0 Å². The SMILES string of the molecule is C=c1occ/c1=C/C=C(\C)C=O. The molecule has 2 nitrogen and oxygen atoms in total. The minimum Gasteiger partial charge on any atom is -0.465 e. The van der Waals surface area contributed by atoms with Crippen LogP contribution in [0.25, 0.3) is 12.7 Å². The fourth-order valence-electron chi connectivity index (χ4n) is 0.759. The van der Waals surface area contributed by atoms with E-state index < -0.39 is 0 Å². The highest BCUT2D eigenvalue weighted by atomic mass is 16.3. The molecule has 0 spiro atoms. The van der Waals surface area contributed by atoms with E-state index in [0.29, 0.717) is 11.0 Å². The summed E-state index contributed by atoms with van der Waals surface area (Å²) in [5.41, 5.74) is 1.29. The van der Waals surface area contributed by atoms with Gasteiger partial charge in [0.2, 0.25) is 0 Å². The van der Waals surface area contributed by atoms with Crippen LogP contribution in [0.15, 0.2) is 28.4 Å². The molecule has 1 aromatic rings. The summed E-state index contributed by atoms with van der Waals surface area (Å²) in [7, 11) is 0. The first kappa shape index (κ1) is 8.53. The largest absolute Gasteiger partial charge is 0.465 e. The Morgan fingerprint density at radius 1 is 1.67 bits per heavy atom. The zero-order chi connectivity index (χ0) is 8.97. The lowest BCUT2D eigenvalue weighted by Gasteiger charge is -1.79. The normalized spacial score (nSPS) is 13.4. The molecule has 2 heteroatoms. The highest BCUT2D eigenvalue weighted by molar-refractivity contribution is 5.74. The van der Waals surface area contributed by atoms with E-state index in [0.717, 1.165) is 11.5 Å². The number of carbonyl (C=O) groups is 1. The number of allylic oxidation sites excluding steroid dienone is 2. The monoisotopic (exact) mass is 162 g/mol. The summed E-state index contributed by atoms with van der Waals surface area (Å²) in [6.45, 7) is 5.41. The van der Waals surface area contributed by atoms with E-state index >= 15 is 0 Å². The Morgan fingerprint density at radius 2 is 2.42 bits per heavy atom. The number of rotatable bonds is 2. The van der Waals surface area contributed by atoms with Gasteiger partial charge in [0.1, 0.15) is 11.7 Å². The van der Waals surface area contributed by atoms with Crippen LogP contribution in [-0.2, 0) is 4.79 Å². The Labute approximate surface area is 70.5 Å². The number of aldehydes is 1. The summed E-state index contributed by atoms with van der Waals surface area (Å²) in [6, 6.07) is 1.80. The van der Waals surface area contributed by atoms with Crippen molar-refractivity contribution in [3.63, 3.8) is 0 Å². The van der Waals surface area contributed by atoms with Gasteiger partial charge >= 0.3 is 0 Å².